The fourth-order valence-electron chi connectivity index (χ4n) is 2.20. The lowest BCUT2D eigenvalue weighted by atomic mass is 9.86. The van der Waals surface area contributed by atoms with Crippen LogP contribution in [0.3, 0.4) is 0 Å². The zero-order valence-corrected chi connectivity index (χ0v) is 10.9. The van der Waals surface area contributed by atoms with Crippen LogP contribution in [0.1, 0.15) is 47.0 Å². The van der Waals surface area contributed by atoms with Crippen molar-refractivity contribution in [1.82, 2.24) is 4.90 Å². The number of piperidine rings is 1. The average Bonchev–Trinajstić information content (AvgIpc) is 2.16. The summed E-state index contributed by atoms with van der Waals surface area (Å²) < 4.78 is 0. The molecule has 1 aliphatic rings. The maximum Gasteiger partial charge on any atom is 0.0217 e. The number of nitrogens with two attached hydrogens (primary N) is 1. The number of hydrogen-bond donors (Lipinski definition) is 1. The number of nitrogens with zero attached hydrogens (tertiary/aromatic N) is 1. The predicted octanol–water partition coefficient (Wildman–Crippen LogP) is 2.48. The Kier molecular flexibility index (Phi) is 4.60. The van der Waals surface area contributed by atoms with Crippen molar-refractivity contribution in [3.8, 4) is 0 Å². The molecule has 2 unspecified atom stereocenters. The fraction of sp³-hybridized carbons (Fsp3) is 1.00. The van der Waals surface area contributed by atoms with E-state index in [0.29, 0.717) is 6.04 Å². The summed E-state index contributed by atoms with van der Waals surface area (Å²) in [6, 6.07) is 0.299. The van der Waals surface area contributed by atoms with Crippen molar-refractivity contribution in [2.24, 2.45) is 17.1 Å². The lowest BCUT2D eigenvalue weighted by Crippen LogP contribution is -2.48. The first-order valence-corrected chi connectivity index (χ1v) is 6.41. The van der Waals surface area contributed by atoms with Gasteiger partial charge >= 0.3 is 0 Å². The molecule has 0 aromatic heterocycles. The van der Waals surface area contributed by atoms with E-state index in [1.54, 1.807) is 0 Å². The van der Waals surface area contributed by atoms with Crippen molar-refractivity contribution in [3.63, 3.8) is 0 Å². The average molecular weight is 212 g/mol. The highest BCUT2D eigenvalue weighted by Gasteiger charge is 2.25. The Bertz CT molecular complexity index is 183. The maximum atomic E-state index is 6.23. The molecule has 1 aliphatic heterocycles. The quantitative estimate of drug-likeness (QED) is 0.779. The van der Waals surface area contributed by atoms with Crippen LogP contribution >= 0.6 is 0 Å². The Morgan fingerprint density at radius 3 is 2.60 bits per heavy atom. The Morgan fingerprint density at radius 1 is 1.40 bits per heavy atom. The van der Waals surface area contributed by atoms with Gasteiger partial charge in [0.2, 0.25) is 0 Å². The second kappa shape index (κ2) is 5.31. The molecule has 0 aliphatic carbocycles. The van der Waals surface area contributed by atoms with Gasteiger partial charge in [0.25, 0.3) is 0 Å². The third kappa shape index (κ3) is 4.12. The highest BCUT2D eigenvalue weighted by atomic mass is 15.1. The summed E-state index contributed by atoms with van der Waals surface area (Å²) in [5, 5.41) is 0. The summed E-state index contributed by atoms with van der Waals surface area (Å²) in [5.74, 6) is 0.908. The second-order valence-corrected chi connectivity index (χ2v) is 6.15. The van der Waals surface area contributed by atoms with Crippen molar-refractivity contribution < 1.29 is 0 Å². The van der Waals surface area contributed by atoms with Crippen molar-refractivity contribution >= 4 is 0 Å². The van der Waals surface area contributed by atoms with Crippen molar-refractivity contribution in [3.05, 3.63) is 0 Å². The number of rotatable bonds is 3. The molecule has 0 amide bonds. The topological polar surface area (TPSA) is 29.3 Å². The van der Waals surface area contributed by atoms with Gasteiger partial charge in [-0.3, -0.25) is 0 Å². The summed E-state index contributed by atoms with van der Waals surface area (Å²) in [4.78, 5) is 2.56. The second-order valence-electron chi connectivity index (χ2n) is 6.15. The summed E-state index contributed by atoms with van der Waals surface area (Å²) >= 11 is 0. The molecule has 0 spiro atoms. The van der Waals surface area contributed by atoms with Gasteiger partial charge in [-0.2, -0.15) is 0 Å². The highest BCUT2D eigenvalue weighted by Crippen LogP contribution is 2.22. The fourth-order valence-corrected chi connectivity index (χ4v) is 2.20. The third-order valence-corrected chi connectivity index (χ3v) is 3.75. The Hall–Kier alpha value is -0.0800. The van der Waals surface area contributed by atoms with E-state index < -0.39 is 0 Å². The van der Waals surface area contributed by atoms with Gasteiger partial charge in [0.15, 0.2) is 0 Å². The monoisotopic (exact) mass is 212 g/mol. The molecule has 2 atom stereocenters. The van der Waals surface area contributed by atoms with Crippen LogP contribution in [0.2, 0.25) is 0 Å². The molecule has 2 heteroatoms. The summed E-state index contributed by atoms with van der Waals surface area (Å²) in [6.45, 7) is 12.6. The van der Waals surface area contributed by atoms with Crippen molar-refractivity contribution in [1.29, 1.82) is 0 Å². The Labute approximate surface area is 95.2 Å². The predicted molar refractivity (Wildman–Crippen MR) is 66.9 cm³/mol. The zero-order valence-electron chi connectivity index (χ0n) is 10.9. The minimum Gasteiger partial charge on any atom is -0.326 e. The Balaban J connectivity index is 2.38. The molecule has 1 heterocycles. The summed E-state index contributed by atoms with van der Waals surface area (Å²) in [7, 11) is 0. The summed E-state index contributed by atoms with van der Waals surface area (Å²) in [6.07, 6.45) is 4.09. The van der Waals surface area contributed by atoms with Gasteiger partial charge in [-0.15, -0.1) is 0 Å². The van der Waals surface area contributed by atoms with Crippen LogP contribution in [0.4, 0.5) is 0 Å². The van der Waals surface area contributed by atoms with E-state index in [1.165, 1.54) is 32.4 Å². The molecule has 0 saturated carbocycles. The molecule has 0 aromatic carbocycles. The molecule has 1 rings (SSSR count). The normalized spacial score (nSPS) is 26.6. The van der Waals surface area contributed by atoms with Gasteiger partial charge in [0, 0.05) is 19.1 Å². The molecule has 0 aromatic rings. The van der Waals surface area contributed by atoms with Crippen LogP contribution in [-0.2, 0) is 0 Å². The van der Waals surface area contributed by atoms with Crippen LogP contribution in [0.5, 0.6) is 0 Å². The van der Waals surface area contributed by atoms with E-state index in [2.05, 4.69) is 32.6 Å². The highest BCUT2D eigenvalue weighted by molar-refractivity contribution is 4.82. The van der Waals surface area contributed by atoms with E-state index >= 15 is 0 Å². The Morgan fingerprint density at radius 2 is 2.07 bits per heavy atom. The van der Waals surface area contributed by atoms with Crippen molar-refractivity contribution in [2.75, 3.05) is 19.6 Å². The summed E-state index contributed by atoms with van der Waals surface area (Å²) in [5.41, 5.74) is 6.46. The van der Waals surface area contributed by atoms with Gasteiger partial charge in [0.1, 0.15) is 0 Å². The molecule has 0 radical (unpaired) electrons. The van der Waals surface area contributed by atoms with Gasteiger partial charge in [-0.25, -0.2) is 0 Å². The van der Waals surface area contributed by atoms with Crippen LogP contribution < -0.4 is 5.73 Å². The molecular weight excluding hydrogens is 184 g/mol. The van der Waals surface area contributed by atoms with E-state index in [1.807, 2.05) is 0 Å². The largest absolute Gasteiger partial charge is 0.326 e. The first-order chi connectivity index (χ1) is 6.93. The van der Waals surface area contributed by atoms with E-state index in [-0.39, 0.29) is 5.41 Å². The molecule has 2 nitrogen and oxygen atoms in total. The van der Waals surface area contributed by atoms with Gasteiger partial charge in [0.05, 0.1) is 0 Å². The number of hydrogen-bond acceptors (Lipinski definition) is 2. The smallest absolute Gasteiger partial charge is 0.0217 e. The van der Waals surface area contributed by atoms with E-state index in [4.69, 9.17) is 5.73 Å². The van der Waals surface area contributed by atoms with Crippen LogP contribution in [0, 0.1) is 11.3 Å². The van der Waals surface area contributed by atoms with E-state index in [0.717, 1.165) is 12.5 Å². The lowest BCUT2D eigenvalue weighted by molar-refractivity contribution is 0.138. The molecule has 1 saturated heterocycles. The van der Waals surface area contributed by atoms with Crippen molar-refractivity contribution in [2.45, 2.75) is 53.0 Å². The first-order valence-electron chi connectivity index (χ1n) is 6.41. The van der Waals surface area contributed by atoms with Crippen LogP contribution in [0.25, 0.3) is 0 Å². The van der Waals surface area contributed by atoms with E-state index in [9.17, 15) is 0 Å². The molecule has 2 N–H and O–H groups in total. The minimum absolute atomic E-state index is 0.235. The van der Waals surface area contributed by atoms with Gasteiger partial charge in [-0.1, -0.05) is 34.1 Å². The molecule has 15 heavy (non-hydrogen) atoms. The molecule has 1 fully saturated rings. The zero-order chi connectivity index (χ0) is 11.5. The molecular formula is C13H28N2. The standard InChI is InChI=1S/C13H28N2/c1-5-11-7-6-8-15(9-11)10-12(14)13(2,3)4/h11-12H,5-10,14H2,1-4H3. The maximum absolute atomic E-state index is 6.23. The molecule has 0 bridgehead atoms. The molecule has 90 valence electrons. The SMILES string of the molecule is CCC1CCCN(CC(N)C(C)(C)C)C1. The van der Waals surface area contributed by atoms with Crippen LogP contribution in [0.15, 0.2) is 0 Å². The third-order valence-electron chi connectivity index (χ3n) is 3.75. The van der Waals surface area contributed by atoms with Gasteiger partial charge < -0.3 is 10.6 Å². The number of likely N-dealkylation sites (tertiary alicyclic amines) is 1. The lowest BCUT2D eigenvalue weighted by Gasteiger charge is -2.37. The van der Waals surface area contributed by atoms with Gasteiger partial charge in [-0.05, 0) is 30.7 Å². The first kappa shape index (κ1) is 13.0. The van der Waals surface area contributed by atoms with Crippen LogP contribution in [-0.4, -0.2) is 30.6 Å². The minimum atomic E-state index is 0.235.